The SMILES string of the molecule is CCCCCCSC(C=O)CC. The molecule has 0 aromatic heterocycles. The molecule has 1 atom stereocenters. The van der Waals surface area contributed by atoms with Crippen LogP contribution in [0.3, 0.4) is 0 Å². The number of aldehydes is 1. The molecule has 0 aromatic rings. The summed E-state index contributed by atoms with van der Waals surface area (Å²) in [6.07, 6.45) is 7.25. The van der Waals surface area contributed by atoms with Crippen molar-refractivity contribution in [2.75, 3.05) is 5.75 Å². The molecule has 0 saturated carbocycles. The van der Waals surface area contributed by atoms with E-state index in [1.54, 1.807) is 11.8 Å². The lowest BCUT2D eigenvalue weighted by Crippen LogP contribution is -2.02. The topological polar surface area (TPSA) is 17.1 Å². The Hall–Kier alpha value is 0.0200. The van der Waals surface area contributed by atoms with Crippen LogP contribution in [0.25, 0.3) is 0 Å². The van der Waals surface area contributed by atoms with Crippen molar-refractivity contribution in [2.45, 2.75) is 51.2 Å². The van der Waals surface area contributed by atoms with Crippen LogP contribution in [0.1, 0.15) is 46.0 Å². The summed E-state index contributed by atoms with van der Waals surface area (Å²) in [5.74, 6) is 1.15. The Labute approximate surface area is 80.3 Å². The maximum atomic E-state index is 10.4. The van der Waals surface area contributed by atoms with E-state index in [9.17, 15) is 4.79 Å². The van der Waals surface area contributed by atoms with Gasteiger partial charge in [-0.2, -0.15) is 11.8 Å². The molecule has 0 bridgehead atoms. The Morgan fingerprint density at radius 3 is 2.50 bits per heavy atom. The smallest absolute Gasteiger partial charge is 0.132 e. The summed E-state index contributed by atoms with van der Waals surface area (Å²) < 4.78 is 0. The number of carbonyl (C=O) groups is 1. The van der Waals surface area contributed by atoms with E-state index < -0.39 is 0 Å². The van der Waals surface area contributed by atoms with E-state index in [1.165, 1.54) is 25.7 Å². The third kappa shape index (κ3) is 6.71. The van der Waals surface area contributed by atoms with Crippen LogP contribution in [0, 0.1) is 0 Å². The first-order valence-electron chi connectivity index (χ1n) is 4.92. The highest BCUT2D eigenvalue weighted by atomic mass is 32.2. The Bertz CT molecular complexity index is 104. The number of thioether (sulfide) groups is 1. The zero-order chi connectivity index (χ0) is 9.23. The molecular weight excluding hydrogens is 168 g/mol. The van der Waals surface area contributed by atoms with Gasteiger partial charge in [0, 0.05) is 0 Å². The Morgan fingerprint density at radius 1 is 1.25 bits per heavy atom. The number of hydrogen-bond donors (Lipinski definition) is 0. The van der Waals surface area contributed by atoms with Gasteiger partial charge in [-0.05, 0) is 18.6 Å². The van der Waals surface area contributed by atoms with Crippen molar-refractivity contribution in [3.8, 4) is 0 Å². The number of rotatable bonds is 8. The molecule has 72 valence electrons. The Kier molecular flexibility index (Phi) is 9.13. The molecule has 2 heteroatoms. The second-order valence-electron chi connectivity index (χ2n) is 3.01. The average Bonchev–Trinajstić information content (AvgIpc) is 2.11. The molecule has 0 aromatic carbocycles. The van der Waals surface area contributed by atoms with Crippen molar-refractivity contribution >= 4 is 18.0 Å². The zero-order valence-electron chi connectivity index (χ0n) is 8.21. The van der Waals surface area contributed by atoms with E-state index in [0.717, 1.165) is 18.5 Å². The minimum Gasteiger partial charge on any atom is -0.302 e. The van der Waals surface area contributed by atoms with Crippen LogP contribution in [-0.4, -0.2) is 17.3 Å². The summed E-state index contributed by atoms with van der Waals surface area (Å²) in [5, 5.41) is 0.242. The molecule has 1 unspecified atom stereocenters. The maximum absolute atomic E-state index is 10.4. The highest BCUT2D eigenvalue weighted by Gasteiger charge is 2.02. The molecule has 0 aliphatic rings. The van der Waals surface area contributed by atoms with Crippen molar-refractivity contribution in [3.05, 3.63) is 0 Å². The third-order valence-electron chi connectivity index (χ3n) is 1.88. The molecule has 0 saturated heterocycles. The predicted octanol–water partition coefficient (Wildman–Crippen LogP) is 3.28. The van der Waals surface area contributed by atoms with Gasteiger partial charge in [-0.1, -0.05) is 33.1 Å². The summed E-state index contributed by atoms with van der Waals surface area (Å²) >= 11 is 1.80. The minimum absolute atomic E-state index is 0.242. The lowest BCUT2D eigenvalue weighted by molar-refractivity contribution is -0.107. The Balaban J connectivity index is 3.12. The predicted molar refractivity (Wildman–Crippen MR) is 56.7 cm³/mol. The van der Waals surface area contributed by atoms with Gasteiger partial charge in [-0.15, -0.1) is 0 Å². The molecular formula is C10H20OS. The van der Waals surface area contributed by atoms with Crippen LogP contribution in [0.4, 0.5) is 0 Å². The number of carbonyl (C=O) groups excluding carboxylic acids is 1. The lowest BCUT2D eigenvalue weighted by Gasteiger charge is -2.05. The first-order valence-corrected chi connectivity index (χ1v) is 5.96. The normalized spacial score (nSPS) is 12.8. The number of unbranched alkanes of at least 4 members (excludes halogenated alkanes) is 3. The molecule has 0 heterocycles. The van der Waals surface area contributed by atoms with Crippen LogP contribution >= 0.6 is 11.8 Å². The lowest BCUT2D eigenvalue weighted by atomic mass is 10.2. The molecule has 0 N–H and O–H groups in total. The second kappa shape index (κ2) is 9.11. The van der Waals surface area contributed by atoms with Gasteiger partial charge in [0.1, 0.15) is 6.29 Å². The summed E-state index contributed by atoms with van der Waals surface area (Å²) in [6, 6.07) is 0. The van der Waals surface area contributed by atoms with E-state index in [0.29, 0.717) is 0 Å². The summed E-state index contributed by atoms with van der Waals surface area (Å²) in [5.41, 5.74) is 0. The van der Waals surface area contributed by atoms with Crippen LogP contribution in [-0.2, 0) is 4.79 Å². The minimum atomic E-state index is 0.242. The van der Waals surface area contributed by atoms with E-state index in [-0.39, 0.29) is 5.25 Å². The van der Waals surface area contributed by atoms with Crippen molar-refractivity contribution in [1.29, 1.82) is 0 Å². The molecule has 0 spiro atoms. The van der Waals surface area contributed by atoms with Crippen LogP contribution in [0.15, 0.2) is 0 Å². The van der Waals surface area contributed by atoms with Gasteiger partial charge in [-0.3, -0.25) is 0 Å². The quantitative estimate of drug-likeness (QED) is 0.429. The van der Waals surface area contributed by atoms with Crippen molar-refractivity contribution in [2.24, 2.45) is 0 Å². The number of hydrogen-bond acceptors (Lipinski definition) is 2. The van der Waals surface area contributed by atoms with Gasteiger partial charge in [0.25, 0.3) is 0 Å². The summed E-state index contributed by atoms with van der Waals surface area (Å²) in [4.78, 5) is 10.4. The molecule has 0 rings (SSSR count). The largest absolute Gasteiger partial charge is 0.302 e. The summed E-state index contributed by atoms with van der Waals surface area (Å²) in [7, 11) is 0. The van der Waals surface area contributed by atoms with Crippen LogP contribution in [0.5, 0.6) is 0 Å². The van der Waals surface area contributed by atoms with E-state index >= 15 is 0 Å². The fourth-order valence-corrected chi connectivity index (χ4v) is 2.00. The highest BCUT2D eigenvalue weighted by molar-refractivity contribution is 8.00. The fraction of sp³-hybridized carbons (Fsp3) is 0.900. The molecule has 12 heavy (non-hydrogen) atoms. The first-order chi connectivity index (χ1) is 5.85. The van der Waals surface area contributed by atoms with Crippen molar-refractivity contribution in [3.63, 3.8) is 0 Å². The van der Waals surface area contributed by atoms with Gasteiger partial charge < -0.3 is 4.79 Å². The van der Waals surface area contributed by atoms with Crippen molar-refractivity contribution in [1.82, 2.24) is 0 Å². The second-order valence-corrected chi connectivity index (χ2v) is 4.36. The summed E-state index contributed by atoms with van der Waals surface area (Å²) in [6.45, 7) is 4.28. The average molecular weight is 188 g/mol. The molecule has 0 fully saturated rings. The molecule has 0 amide bonds. The van der Waals surface area contributed by atoms with Gasteiger partial charge in [0.15, 0.2) is 0 Å². The standard InChI is InChI=1S/C10H20OS/c1-3-5-6-7-8-12-10(4-2)9-11/h9-10H,3-8H2,1-2H3. The molecule has 1 nitrogen and oxygen atoms in total. The van der Waals surface area contributed by atoms with Gasteiger partial charge in [0.05, 0.1) is 5.25 Å². The van der Waals surface area contributed by atoms with Gasteiger partial charge in [-0.25, -0.2) is 0 Å². The van der Waals surface area contributed by atoms with Crippen LogP contribution < -0.4 is 0 Å². The van der Waals surface area contributed by atoms with E-state index in [4.69, 9.17) is 0 Å². The monoisotopic (exact) mass is 188 g/mol. The third-order valence-corrected chi connectivity index (χ3v) is 3.28. The maximum Gasteiger partial charge on any atom is 0.132 e. The molecule has 0 aliphatic carbocycles. The van der Waals surface area contributed by atoms with E-state index in [1.807, 2.05) is 0 Å². The highest BCUT2D eigenvalue weighted by Crippen LogP contribution is 2.14. The van der Waals surface area contributed by atoms with Crippen molar-refractivity contribution < 1.29 is 4.79 Å². The molecule has 0 aliphatic heterocycles. The van der Waals surface area contributed by atoms with Crippen LogP contribution in [0.2, 0.25) is 0 Å². The fourth-order valence-electron chi connectivity index (χ4n) is 1.02. The van der Waals surface area contributed by atoms with E-state index in [2.05, 4.69) is 13.8 Å². The molecule has 0 radical (unpaired) electrons. The van der Waals surface area contributed by atoms with Gasteiger partial charge in [0.2, 0.25) is 0 Å². The zero-order valence-corrected chi connectivity index (χ0v) is 9.03. The Morgan fingerprint density at radius 2 is 2.00 bits per heavy atom. The first kappa shape index (κ1) is 12.0. The van der Waals surface area contributed by atoms with Gasteiger partial charge >= 0.3 is 0 Å².